The van der Waals surface area contributed by atoms with E-state index in [1.807, 2.05) is 34.6 Å². The first-order chi connectivity index (χ1) is 15.7. The summed E-state index contributed by atoms with van der Waals surface area (Å²) in [5.74, 6) is -4.39. The molecule has 0 saturated carbocycles. The molecule has 0 radical (unpaired) electrons. The molecule has 3 amide bonds. The lowest BCUT2D eigenvalue weighted by Crippen LogP contribution is -2.58. The fourth-order valence-corrected chi connectivity index (χ4v) is 3.34. The lowest BCUT2D eigenvalue weighted by molar-refractivity contribution is -0.143. The van der Waals surface area contributed by atoms with Crippen LogP contribution in [0.3, 0.4) is 0 Å². The molecule has 11 nitrogen and oxygen atoms in total. The standard InChI is InChI=1S/C23H42N4O7/c1-7-14(6)19(27-20(30)15(24)10-12(2)3)22(32)26-17(11-13(4)5)21(31)25-16(23(33)34)8-9-18(28)29/h12-17,19H,7-11,24H2,1-6H3,(H,25,31)(H,26,32)(H,27,30)(H,28,29)(H,33,34). The summed E-state index contributed by atoms with van der Waals surface area (Å²) < 4.78 is 0. The average molecular weight is 487 g/mol. The van der Waals surface area contributed by atoms with Crippen LogP contribution in [0.15, 0.2) is 0 Å². The average Bonchev–Trinajstić information content (AvgIpc) is 2.72. The third-order valence-corrected chi connectivity index (χ3v) is 5.46. The number of aliphatic carboxylic acids is 2. The predicted octanol–water partition coefficient (Wildman–Crippen LogP) is 0.856. The zero-order valence-electron chi connectivity index (χ0n) is 21.1. The summed E-state index contributed by atoms with van der Waals surface area (Å²) in [6.07, 6.45) is 0.521. The molecule has 34 heavy (non-hydrogen) atoms. The Kier molecular flexibility index (Phi) is 14.1. The molecule has 5 unspecified atom stereocenters. The van der Waals surface area contributed by atoms with E-state index in [2.05, 4.69) is 16.0 Å². The third-order valence-electron chi connectivity index (χ3n) is 5.46. The van der Waals surface area contributed by atoms with E-state index in [0.29, 0.717) is 12.8 Å². The summed E-state index contributed by atoms with van der Waals surface area (Å²) in [7, 11) is 0. The van der Waals surface area contributed by atoms with Gasteiger partial charge in [-0.15, -0.1) is 0 Å². The molecule has 196 valence electrons. The maximum absolute atomic E-state index is 13.1. The van der Waals surface area contributed by atoms with Crippen LogP contribution in [0.4, 0.5) is 0 Å². The Hall–Kier alpha value is -2.69. The Morgan fingerprint density at radius 1 is 0.765 bits per heavy atom. The van der Waals surface area contributed by atoms with Crippen molar-refractivity contribution in [2.75, 3.05) is 0 Å². The molecule has 0 aliphatic heterocycles. The van der Waals surface area contributed by atoms with Gasteiger partial charge < -0.3 is 31.9 Å². The second kappa shape index (κ2) is 15.3. The van der Waals surface area contributed by atoms with Gasteiger partial charge in [-0.1, -0.05) is 48.0 Å². The maximum Gasteiger partial charge on any atom is 0.326 e. The van der Waals surface area contributed by atoms with E-state index >= 15 is 0 Å². The van der Waals surface area contributed by atoms with Crippen LogP contribution in [0.1, 0.15) is 73.6 Å². The number of hydrogen-bond donors (Lipinski definition) is 6. The second-order valence-electron chi connectivity index (χ2n) is 9.63. The second-order valence-corrected chi connectivity index (χ2v) is 9.63. The molecule has 0 bridgehead atoms. The van der Waals surface area contributed by atoms with Crippen molar-refractivity contribution >= 4 is 29.7 Å². The minimum absolute atomic E-state index is 0.0190. The lowest BCUT2D eigenvalue weighted by atomic mass is 9.95. The maximum atomic E-state index is 13.1. The molecule has 11 heteroatoms. The highest BCUT2D eigenvalue weighted by molar-refractivity contribution is 5.94. The number of nitrogens with two attached hydrogens (primary N) is 1. The van der Waals surface area contributed by atoms with Crippen molar-refractivity contribution in [1.82, 2.24) is 16.0 Å². The molecule has 0 saturated heterocycles. The van der Waals surface area contributed by atoms with Gasteiger partial charge in [0, 0.05) is 6.42 Å². The molecule has 0 spiro atoms. The largest absolute Gasteiger partial charge is 0.481 e. The number of carbonyl (C=O) groups excluding carboxylic acids is 3. The number of amides is 3. The number of nitrogens with one attached hydrogen (secondary N) is 3. The summed E-state index contributed by atoms with van der Waals surface area (Å²) in [4.78, 5) is 60.8. The summed E-state index contributed by atoms with van der Waals surface area (Å²) in [5, 5.41) is 25.8. The Bertz CT molecular complexity index is 711. The van der Waals surface area contributed by atoms with Gasteiger partial charge in [0.05, 0.1) is 6.04 Å². The van der Waals surface area contributed by atoms with Crippen molar-refractivity contribution in [2.24, 2.45) is 23.5 Å². The Balaban J connectivity index is 5.55. The van der Waals surface area contributed by atoms with Crippen molar-refractivity contribution in [1.29, 1.82) is 0 Å². The van der Waals surface area contributed by atoms with Crippen LogP contribution in [-0.2, 0) is 24.0 Å². The summed E-state index contributed by atoms with van der Waals surface area (Å²) in [6, 6.07) is -4.18. The van der Waals surface area contributed by atoms with Gasteiger partial charge >= 0.3 is 11.9 Å². The Labute approximate surface area is 201 Å². The van der Waals surface area contributed by atoms with Crippen molar-refractivity contribution in [3.05, 3.63) is 0 Å². The van der Waals surface area contributed by atoms with Gasteiger partial charge in [0.2, 0.25) is 17.7 Å². The zero-order chi connectivity index (χ0) is 26.6. The number of carbonyl (C=O) groups is 5. The fraction of sp³-hybridized carbons (Fsp3) is 0.783. The molecule has 0 rings (SSSR count). The summed E-state index contributed by atoms with van der Waals surface area (Å²) in [6.45, 7) is 11.2. The Morgan fingerprint density at radius 2 is 1.29 bits per heavy atom. The van der Waals surface area contributed by atoms with Crippen LogP contribution >= 0.6 is 0 Å². The number of rotatable bonds is 16. The summed E-state index contributed by atoms with van der Waals surface area (Å²) in [5.41, 5.74) is 5.95. The minimum Gasteiger partial charge on any atom is -0.481 e. The molecule has 0 aliphatic rings. The summed E-state index contributed by atoms with van der Waals surface area (Å²) >= 11 is 0. The van der Waals surface area contributed by atoms with Gasteiger partial charge in [-0.05, 0) is 37.0 Å². The smallest absolute Gasteiger partial charge is 0.326 e. The number of carboxylic acid groups (broad SMARTS) is 2. The highest BCUT2D eigenvalue weighted by Crippen LogP contribution is 2.12. The SMILES string of the molecule is CCC(C)C(NC(=O)C(N)CC(C)C)C(=O)NC(CC(C)C)C(=O)NC(CCC(=O)O)C(=O)O. The van der Waals surface area contributed by atoms with Crippen LogP contribution in [0.2, 0.25) is 0 Å². The molecule has 0 aromatic rings. The van der Waals surface area contributed by atoms with Gasteiger partial charge in [-0.25, -0.2) is 4.79 Å². The van der Waals surface area contributed by atoms with E-state index in [1.165, 1.54) is 0 Å². The van der Waals surface area contributed by atoms with Crippen LogP contribution in [0.25, 0.3) is 0 Å². The molecular weight excluding hydrogens is 444 g/mol. The first-order valence-electron chi connectivity index (χ1n) is 11.8. The first-order valence-corrected chi connectivity index (χ1v) is 11.8. The van der Waals surface area contributed by atoms with Gasteiger partial charge in [-0.2, -0.15) is 0 Å². The molecular formula is C23H42N4O7. The van der Waals surface area contributed by atoms with Gasteiger partial charge in [0.25, 0.3) is 0 Å². The monoisotopic (exact) mass is 486 g/mol. The molecule has 0 aromatic carbocycles. The minimum atomic E-state index is -1.41. The van der Waals surface area contributed by atoms with E-state index in [0.717, 1.165) is 0 Å². The van der Waals surface area contributed by atoms with Gasteiger partial charge in [0.15, 0.2) is 0 Å². The first kappa shape index (κ1) is 31.3. The quantitative estimate of drug-likeness (QED) is 0.185. The van der Waals surface area contributed by atoms with Gasteiger partial charge in [-0.3, -0.25) is 19.2 Å². The molecule has 7 N–H and O–H groups in total. The van der Waals surface area contributed by atoms with Crippen LogP contribution in [0, 0.1) is 17.8 Å². The highest BCUT2D eigenvalue weighted by Gasteiger charge is 2.33. The van der Waals surface area contributed by atoms with E-state index in [9.17, 15) is 29.1 Å². The number of hydrogen-bond acceptors (Lipinski definition) is 6. The Morgan fingerprint density at radius 3 is 1.74 bits per heavy atom. The van der Waals surface area contributed by atoms with E-state index < -0.39 is 60.2 Å². The van der Waals surface area contributed by atoms with Gasteiger partial charge in [0.1, 0.15) is 18.1 Å². The van der Waals surface area contributed by atoms with Crippen molar-refractivity contribution in [2.45, 2.75) is 97.8 Å². The fourth-order valence-electron chi connectivity index (χ4n) is 3.34. The third kappa shape index (κ3) is 12.0. The normalized spacial score (nSPS) is 15.7. The topological polar surface area (TPSA) is 188 Å². The molecule has 0 fully saturated rings. The predicted molar refractivity (Wildman–Crippen MR) is 127 cm³/mol. The lowest BCUT2D eigenvalue weighted by Gasteiger charge is -2.28. The molecule has 0 aromatic heterocycles. The van der Waals surface area contributed by atoms with Crippen LogP contribution in [-0.4, -0.2) is 64.0 Å². The van der Waals surface area contributed by atoms with Crippen molar-refractivity contribution in [3.63, 3.8) is 0 Å². The molecule has 5 atom stereocenters. The molecule has 0 aliphatic carbocycles. The van der Waals surface area contributed by atoms with Crippen LogP contribution < -0.4 is 21.7 Å². The molecule has 0 heterocycles. The van der Waals surface area contributed by atoms with E-state index in [1.54, 1.807) is 6.92 Å². The van der Waals surface area contributed by atoms with E-state index in [-0.39, 0.29) is 30.6 Å². The van der Waals surface area contributed by atoms with Crippen molar-refractivity contribution in [3.8, 4) is 0 Å². The van der Waals surface area contributed by atoms with Crippen molar-refractivity contribution < 1.29 is 34.2 Å². The van der Waals surface area contributed by atoms with Crippen LogP contribution in [0.5, 0.6) is 0 Å². The highest BCUT2D eigenvalue weighted by atomic mass is 16.4. The number of carboxylic acids is 2. The zero-order valence-corrected chi connectivity index (χ0v) is 21.1. The van der Waals surface area contributed by atoms with E-state index in [4.69, 9.17) is 10.8 Å².